The zero-order valence-corrected chi connectivity index (χ0v) is 15.4. The van der Waals surface area contributed by atoms with E-state index in [1.807, 2.05) is 38.1 Å². The van der Waals surface area contributed by atoms with Gasteiger partial charge >= 0.3 is 0 Å². The van der Waals surface area contributed by atoms with Crippen LogP contribution in [0.15, 0.2) is 29.3 Å². The van der Waals surface area contributed by atoms with E-state index in [1.54, 1.807) is 0 Å². The molecule has 3 rings (SSSR count). The topological polar surface area (TPSA) is 54.9 Å². The highest BCUT2D eigenvalue weighted by atomic mass is 32.2. The molecule has 1 aromatic carbocycles. The molecule has 1 aromatic heterocycles. The first-order valence-corrected chi connectivity index (χ1v) is 9.63. The molecule has 1 heterocycles. The number of hydrogen-bond acceptors (Lipinski definition) is 4. The molecule has 3 atom stereocenters. The lowest BCUT2D eigenvalue weighted by Crippen LogP contribution is -2.44. The summed E-state index contributed by atoms with van der Waals surface area (Å²) < 4.78 is 0. The van der Waals surface area contributed by atoms with Crippen LogP contribution in [0.5, 0.6) is 0 Å². The number of aryl methyl sites for hydroxylation is 1. The second kappa shape index (κ2) is 7.51. The number of carbonyl (C=O) groups is 1. The first kappa shape index (κ1) is 17.2. The third kappa shape index (κ3) is 3.89. The molecule has 0 saturated heterocycles. The SMILES string of the molecule is Cc1nc(SC(C)C(=O)NC2CCCCC2C)c2ccccc2n1. The second-order valence-electron chi connectivity index (χ2n) is 6.73. The Kier molecular flexibility index (Phi) is 5.39. The number of rotatable bonds is 4. The van der Waals surface area contributed by atoms with Crippen molar-refractivity contribution in [3.8, 4) is 0 Å². The Labute approximate surface area is 147 Å². The van der Waals surface area contributed by atoms with Gasteiger partial charge in [0.15, 0.2) is 0 Å². The monoisotopic (exact) mass is 343 g/mol. The molecule has 0 bridgehead atoms. The Bertz CT molecular complexity index is 734. The van der Waals surface area contributed by atoms with Gasteiger partial charge in [0.1, 0.15) is 10.9 Å². The lowest BCUT2D eigenvalue weighted by molar-refractivity contribution is -0.121. The van der Waals surface area contributed by atoms with Gasteiger partial charge in [-0.3, -0.25) is 4.79 Å². The number of amides is 1. The minimum atomic E-state index is -0.170. The minimum Gasteiger partial charge on any atom is -0.352 e. The van der Waals surface area contributed by atoms with Gasteiger partial charge in [-0.15, -0.1) is 0 Å². The van der Waals surface area contributed by atoms with E-state index < -0.39 is 0 Å². The average Bonchev–Trinajstić information content (AvgIpc) is 2.56. The molecule has 2 aromatic rings. The van der Waals surface area contributed by atoms with Crippen molar-refractivity contribution >= 4 is 28.6 Å². The molecule has 0 radical (unpaired) electrons. The summed E-state index contributed by atoms with van der Waals surface area (Å²) in [6.45, 7) is 6.09. The number of para-hydroxylation sites is 1. The van der Waals surface area contributed by atoms with Crippen molar-refractivity contribution in [1.82, 2.24) is 15.3 Å². The summed E-state index contributed by atoms with van der Waals surface area (Å²) in [5.74, 6) is 1.42. The number of hydrogen-bond donors (Lipinski definition) is 1. The summed E-state index contributed by atoms with van der Waals surface area (Å²) in [7, 11) is 0. The van der Waals surface area contributed by atoms with E-state index in [1.165, 1.54) is 31.0 Å². The summed E-state index contributed by atoms with van der Waals surface area (Å²) in [6, 6.07) is 8.29. The summed E-state index contributed by atoms with van der Waals surface area (Å²) in [5, 5.41) is 4.98. The zero-order valence-electron chi connectivity index (χ0n) is 14.6. The number of carbonyl (C=O) groups excluding carboxylic acids is 1. The summed E-state index contributed by atoms with van der Waals surface area (Å²) >= 11 is 1.52. The van der Waals surface area contributed by atoms with Crippen LogP contribution in [-0.4, -0.2) is 27.2 Å². The van der Waals surface area contributed by atoms with E-state index in [-0.39, 0.29) is 11.2 Å². The van der Waals surface area contributed by atoms with Crippen molar-refractivity contribution < 1.29 is 4.79 Å². The van der Waals surface area contributed by atoms with Gasteiger partial charge in [0.2, 0.25) is 5.91 Å². The van der Waals surface area contributed by atoms with Gasteiger partial charge in [0.05, 0.1) is 10.8 Å². The predicted octanol–water partition coefficient (Wildman–Crippen LogP) is 4.11. The second-order valence-corrected chi connectivity index (χ2v) is 8.06. The Balaban J connectivity index is 1.72. The highest BCUT2D eigenvalue weighted by Gasteiger charge is 2.25. The first-order valence-electron chi connectivity index (χ1n) is 8.75. The molecule has 4 nitrogen and oxygen atoms in total. The Morgan fingerprint density at radius 2 is 2.00 bits per heavy atom. The molecule has 1 saturated carbocycles. The van der Waals surface area contributed by atoms with Crippen LogP contribution in [0.25, 0.3) is 10.9 Å². The smallest absolute Gasteiger partial charge is 0.233 e. The van der Waals surface area contributed by atoms with Gasteiger partial charge in [-0.05, 0) is 38.7 Å². The maximum absolute atomic E-state index is 12.6. The largest absolute Gasteiger partial charge is 0.352 e. The van der Waals surface area contributed by atoms with E-state index in [9.17, 15) is 4.79 Å². The molecule has 0 aliphatic heterocycles. The molecule has 24 heavy (non-hydrogen) atoms. The van der Waals surface area contributed by atoms with Crippen molar-refractivity contribution in [1.29, 1.82) is 0 Å². The lowest BCUT2D eigenvalue weighted by Gasteiger charge is -2.30. The van der Waals surface area contributed by atoms with Crippen molar-refractivity contribution in [3.05, 3.63) is 30.1 Å². The van der Waals surface area contributed by atoms with Crippen LogP contribution in [0.4, 0.5) is 0 Å². The van der Waals surface area contributed by atoms with Crippen LogP contribution in [0.3, 0.4) is 0 Å². The van der Waals surface area contributed by atoms with Crippen LogP contribution in [-0.2, 0) is 4.79 Å². The molecule has 3 unspecified atom stereocenters. The molecular formula is C19H25N3OS. The van der Waals surface area contributed by atoms with Crippen LogP contribution in [0.1, 0.15) is 45.4 Å². The maximum Gasteiger partial charge on any atom is 0.233 e. The van der Waals surface area contributed by atoms with Crippen molar-refractivity contribution in [3.63, 3.8) is 0 Å². The molecule has 1 aliphatic rings. The number of thioether (sulfide) groups is 1. The third-order valence-corrected chi connectivity index (χ3v) is 5.88. The van der Waals surface area contributed by atoms with Gasteiger partial charge in [-0.25, -0.2) is 9.97 Å². The van der Waals surface area contributed by atoms with Crippen molar-refractivity contribution in [2.75, 3.05) is 0 Å². The molecule has 5 heteroatoms. The number of aromatic nitrogens is 2. The lowest BCUT2D eigenvalue weighted by atomic mass is 9.86. The number of fused-ring (bicyclic) bond motifs is 1. The fourth-order valence-corrected chi connectivity index (χ4v) is 4.29. The van der Waals surface area contributed by atoms with Crippen LogP contribution in [0.2, 0.25) is 0 Å². The maximum atomic E-state index is 12.6. The van der Waals surface area contributed by atoms with Gasteiger partial charge in [-0.2, -0.15) is 0 Å². The Morgan fingerprint density at radius 1 is 1.25 bits per heavy atom. The van der Waals surface area contributed by atoms with E-state index in [0.29, 0.717) is 12.0 Å². The number of nitrogens with zero attached hydrogens (tertiary/aromatic N) is 2. The highest BCUT2D eigenvalue weighted by molar-refractivity contribution is 8.00. The third-order valence-electron chi connectivity index (χ3n) is 4.78. The molecule has 128 valence electrons. The van der Waals surface area contributed by atoms with Crippen LogP contribution < -0.4 is 5.32 Å². The summed E-state index contributed by atoms with van der Waals surface area (Å²) in [6.07, 6.45) is 4.80. The predicted molar refractivity (Wildman–Crippen MR) is 99.2 cm³/mol. The van der Waals surface area contributed by atoms with Crippen LogP contribution in [0, 0.1) is 12.8 Å². The average molecular weight is 343 g/mol. The van der Waals surface area contributed by atoms with E-state index >= 15 is 0 Å². The number of benzene rings is 1. The molecule has 1 fully saturated rings. The van der Waals surface area contributed by atoms with E-state index in [4.69, 9.17) is 0 Å². The standard InChI is InChI=1S/C19H25N3OS/c1-12-8-4-6-10-16(12)22-18(23)13(2)24-19-15-9-5-7-11-17(15)20-14(3)21-19/h5,7,9,11-13,16H,4,6,8,10H2,1-3H3,(H,22,23). The Hall–Kier alpha value is -1.62. The van der Waals surface area contributed by atoms with E-state index in [2.05, 4.69) is 22.2 Å². The summed E-state index contributed by atoms with van der Waals surface area (Å²) in [5.41, 5.74) is 0.931. The van der Waals surface area contributed by atoms with Gasteiger partial charge in [0, 0.05) is 11.4 Å². The normalized spacial score (nSPS) is 22.3. The molecule has 0 spiro atoms. The highest BCUT2D eigenvalue weighted by Crippen LogP contribution is 2.29. The van der Waals surface area contributed by atoms with Gasteiger partial charge in [-0.1, -0.05) is 49.7 Å². The molecular weight excluding hydrogens is 318 g/mol. The summed E-state index contributed by atoms with van der Waals surface area (Å²) in [4.78, 5) is 21.6. The molecule has 1 amide bonds. The fraction of sp³-hybridized carbons (Fsp3) is 0.526. The molecule has 1 N–H and O–H groups in total. The van der Waals surface area contributed by atoms with E-state index in [0.717, 1.165) is 28.2 Å². The molecule has 1 aliphatic carbocycles. The Morgan fingerprint density at radius 3 is 2.79 bits per heavy atom. The quantitative estimate of drug-likeness (QED) is 0.670. The van der Waals surface area contributed by atoms with Gasteiger partial charge in [0.25, 0.3) is 0 Å². The van der Waals surface area contributed by atoms with Crippen LogP contribution >= 0.6 is 11.8 Å². The van der Waals surface area contributed by atoms with Crippen molar-refractivity contribution in [2.24, 2.45) is 5.92 Å². The minimum absolute atomic E-state index is 0.110. The zero-order chi connectivity index (χ0) is 17.1. The fourth-order valence-electron chi connectivity index (χ4n) is 3.30. The first-order chi connectivity index (χ1) is 11.5. The van der Waals surface area contributed by atoms with Gasteiger partial charge < -0.3 is 5.32 Å². The number of nitrogens with one attached hydrogen (secondary N) is 1. The van der Waals surface area contributed by atoms with Crippen molar-refractivity contribution in [2.45, 2.75) is 62.8 Å².